The Hall–Kier alpha value is -3.63. The number of amides is 5. The van der Waals surface area contributed by atoms with Gasteiger partial charge in [0.2, 0.25) is 17.6 Å². The summed E-state index contributed by atoms with van der Waals surface area (Å²) in [5.41, 5.74) is 4.76. The summed E-state index contributed by atoms with van der Waals surface area (Å²) in [5, 5.41) is 19.2. The molecule has 11 nitrogen and oxygen atoms in total. The van der Waals surface area contributed by atoms with E-state index in [2.05, 4.69) is 29.8 Å². The maximum absolute atomic E-state index is 14.0. The molecular formula is C35H55N5O6. The van der Waals surface area contributed by atoms with E-state index < -0.39 is 52.7 Å². The smallest absolute Gasteiger partial charge is 0.315 e. The number of para-hydroxylation sites is 1. The molecule has 2 unspecified atom stereocenters. The molecule has 3 aliphatic rings. The molecule has 1 heterocycles. The second kappa shape index (κ2) is 16.3. The van der Waals surface area contributed by atoms with Gasteiger partial charge in [-0.15, -0.1) is 0 Å². The van der Waals surface area contributed by atoms with Crippen LogP contribution in [0.15, 0.2) is 24.3 Å². The molecule has 3 atom stereocenters. The molecule has 256 valence electrons. The molecule has 11 heteroatoms. The Bertz CT molecular complexity index is 1230. The van der Waals surface area contributed by atoms with Gasteiger partial charge in [-0.25, -0.2) is 4.79 Å². The van der Waals surface area contributed by atoms with Gasteiger partial charge in [0, 0.05) is 12.1 Å². The van der Waals surface area contributed by atoms with E-state index in [1.165, 1.54) is 11.3 Å². The van der Waals surface area contributed by atoms with E-state index in [-0.39, 0.29) is 17.6 Å². The van der Waals surface area contributed by atoms with Crippen LogP contribution in [0, 0.1) is 11.3 Å². The van der Waals surface area contributed by atoms with E-state index >= 15 is 0 Å². The molecular weight excluding hydrogens is 586 g/mol. The number of benzene rings is 1. The normalized spacial score (nSPS) is 20.4. The monoisotopic (exact) mass is 641 g/mol. The molecule has 1 aliphatic heterocycles. The summed E-state index contributed by atoms with van der Waals surface area (Å²) in [6.45, 7) is 10.2. The molecule has 0 aromatic heterocycles. The number of hydrogen-bond acceptors (Lipinski definition) is 6. The maximum Gasteiger partial charge on any atom is 0.315 e. The molecule has 2 aliphatic carbocycles. The van der Waals surface area contributed by atoms with E-state index in [1.807, 2.05) is 32.9 Å². The molecule has 3 fully saturated rings. The third kappa shape index (κ3) is 10.2. The van der Waals surface area contributed by atoms with Crippen LogP contribution in [0.4, 0.5) is 4.79 Å². The summed E-state index contributed by atoms with van der Waals surface area (Å²) < 4.78 is 0. The number of carbonyl (C=O) groups excluding carboxylic acids is 5. The fourth-order valence-electron chi connectivity index (χ4n) is 6.48. The molecule has 5 amide bonds. The zero-order chi connectivity index (χ0) is 34.1. The van der Waals surface area contributed by atoms with Gasteiger partial charge in [-0.3, -0.25) is 19.2 Å². The zero-order valence-electron chi connectivity index (χ0n) is 28.3. The second-order valence-electron chi connectivity index (χ2n) is 14.4. The number of carbonyl (C=O) groups is 5. The third-order valence-corrected chi connectivity index (χ3v) is 9.08. The Kier molecular flexibility index (Phi) is 13.0. The lowest BCUT2D eigenvalue weighted by Gasteiger charge is -2.40. The van der Waals surface area contributed by atoms with Crippen LogP contribution in [0.3, 0.4) is 0 Å². The van der Waals surface area contributed by atoms with Crippen molar-refractivity contribution in [1.82, 2.24) is 20.9 Å². The average molecular weight is 642 g/mol. The molecule has 0 spiro atoms. The molecule has 4 rings (SSSR count). The van der Waals surface area contributed by atoms with Gasteiger partial charge in [-0.2, -0.15) is 0 Å². The van der Waals surface area contributed by atoms with Crippen molar-refractivity contribution in [2.45, 2.75) is 135 Å². The number of primary amides is 1. The van der Waals surface area contributed by atoms with Gasteiger partial charge in [-0.05, 0) is 61.5 Å². The van der Waals surface area contributed by atoms with Crippen molar-refractivity contribution >= 4 is 29.5 Å². The number of likely N-dealkylation sites (tertiary alicyclic amines) is 1. The van der Waals surface area contributed by atoms with E-state index in [4.69, 9.17) is 5.73 Å². The van der Waals surface area contributed by atoms with Gasteiger partial charge in [0.05, 0.1) is 6.04 Å². The Morgan fingerprint density at radius 1 is 0.978 bits per heavy atom. The van der Waals surface area contributed by atoms with Gasteiger partial charge < -0.3 is 31.7 Å². The fourth-order valence-corrected chi connectivity index (χ4v) is 6.48. The highest BCUT2D eigenvalue weighted by Gasteiger charge is 2.44. The predicted molar refractivity (Wildman–Crippen MR) is 177 cm³/mol. The summed E-state index contributed by atoms with van der Waals surface area (Å²) in [4.78, 5) is 66.4. The lowest BCUT2D eigenvalue weighted by atomic mass is 9.77. The first-order valence-corrected chi connectivity index (χ1v) is 17.0. The number of aromatic hydroxyl groups is 1. The number of nitrogens with zero attached hydrogens (tertiary/aromatic N) is 1. The van der Waals surface area contributed by atoms with E-state index in [1.54, 1.807) is 12.1 Å². The number of nitrogens with two attached hydrogens (primary N) is 1. The van der Waals surface area contributed by atoms with Crippen LogP contribution in [-0.4, -0.2) is 69.8 Å². The number of ketones is 1. The van der Waals surface area contributed by atoms with E-state index in [9.17, 15) is 29.1 Å². The van der Waals surface area contributed by atoms with Crippen molar-refractivity contribution in [2.24, 2.45) is 17.1 Å². The largest absolute Gasteiger partial charge is 0.508 e. The fraction of sp³-hybridized carbons (Fsp3) is 0.686. The quantitative estimate of drug-likeness (QED) is 0.228. The highest BCUT2D eigenvalue weighted by molar-refractivity contribution is 6.37. The predicted octanol–water partition coefficient (Wildman–Crippen LogP) is 4.10. The number of phenols is 1. The van der Waals surface area contributed by atoms with Crippen molar-refractivity contribution in [3.8, 4) is 5.75 Å². The topological polar surface area (TPSA) is 171 Å². The number of nitrogens with one attached hydrogen (secondary N) is 3. The Balaban J connectivity index is 0.00000185. The van der Waals surface area contributed by atoms with Gasteiger partial charge in [0.1, 0.15) is 17.8 Å². The standard InChI is InChI=1S/C32H47N5O6.C3H8/c1-31(2,3)26(35-30(43)36-32(15-7-4-8-16-32)19-21-10-5-6-12-24(21)38)29(42)37-17-9-11-23(37)28(41)34-22(18-20-13-14-20)25(39)27(33)40;1-3-2/h5-6,10,12,20,22-23,26,38H,4,7-9,11,13-19H2,1-3H3,(H2,33,40)(H,34,41)(H2,35,36,43);3H2,1-2H3/t22?,23-,26?;/m0./s1. The summed E-state index contributed by atoms with van der Waals surface area (Å²) in [6, 6.07) is 3.90. The molecule has 0 bridgehead atoms. The molecule has 1 aromatic rings. The van der Waals surface area contributed by atoms with Crippen molar-refractivity contribution in [2.75, 3.05) is 6.54 Å². The van der Waals surface area contributed by atoms with Crippen molar-refractivity contribution < 1.29 is 29.1 Å². The first-order valence-electron chi connectivity index (χ1n) is 17.0. The second-order valence-corrected chi connectivity index (χ2v) is 14.4. The minimum atomic E-state index is -1.09. The highest BCUT2D eigenvalue weighted by atomic mass is 16.3. The lowest BCUT2D eigenvalue weighted by Crippen LogP contribution is -2.62. The first kappa shape index (κ1) is 36.8. The van der Waals surface area contributed by atoms with Gasteiger partial charge >= 0.3 is 6.03 Å². The van der Waals surface area contributed by atoms with Gasteiger partial charge in [0.25, 0.3) is 5.91 Å². The maximum atomic E-state index is 14.0. The molecule has 0 radical (unpaired) electrons. The SMILES string of the molecule is CC(C)(C)C(NC(=O)NC1(Cc2ccccc2O)CCCCC1)C(=O)N1CCC[C@H]1C(=O)NC(CC1CC1)C(=O)C(N)=O.CCC. The van der Waals surface area contributed by atoms with Crippen LogP contribution in [0.2, 0.25) is 0 Å². The summed E-state index contributed by atoms with van der Waals surface area (Å²) >= 11 is 0. The summed E-state index contributed by atoms with van der Waals surface area (Å²) in [6.07, 6.45) is 9.40. The Morgan fingerprint density at radius 2 is 1.61 bits per heavy atom. The van der Waals surface area contributed by atoms with Crippen LogP contribution >= 0.6 is 0 Å². The number of Topliss-reactive ketones (excluding diaryl/α,β-unsaturated/α-hetero) is 1. The zero-order valence-corrected chi connectivity index (χ0v) is 28.3. The minimum absolute atomic E-state index is 0.188. The van der Waals surface area contributed by atoms with Crippen LogP contribution < -0.4 is 21.7 Å². The molecule has 1 saturated heterocycles. The number of urea groups is 1. The number of rotatable bonds is 11. The summed E-state index contributed by atoms with van der Waals surface area (Å²) in [7, 11) is 0. The van der Waals surface area contributed by atoms with E-state index in [0.29, 0.717) is 32.2 Å². The Labute approximate surface area is 273 Å². The van der Waals surface area contributed by atoms with Gasteiger partial charge in [0.15, 0.2) is 0 Å². The van der Waals surface area contributed by atoms with E-state index in [0.717, 1.165) is 50.5 Å². The van der Waals surface area contributed by atoms with Crippen LogP contribution in [0.5, 0.6) is 5.75 Å². The minimum Gasteiger partial charge on any atom is -0.508 e. The lowest BCUT2D eigenvalue weighted by molar-refractivity contribution is -0.143. The Morgan fingerprint density at radius 3 is 2.17 bits per heavy atom. The molecule has 2 saturated carbocycles. The summed E-state index contributed by atoms with van der Waals surface area (Å²) in [5.74, 6) is -2.34. The van der Waals surface area contributed by atoms with Crippen molar-refractivity contribution in [3.05, 3.63) is 29.8 Å². The van der Waals surface area contributed by atoms with Crippen LogP contribution in [0.1, 0.15) is 111 Å². The molecule has 6 N–H and O–H groups in total. The van der Waals surface area contributed by atoms with Crippen molar-refractivity contribution in [3.63, 3.8) is 0 Å². The number of phenolic OH excluding ortho intramolecular Hbond substituents is 1. The average Bonchev–Trinajstić information content (AvgIpc) is 3.67. The third-order valence-electron chi connectivity index (χ3n) is 9.08. The van der Waals surface area contributed by atoms with Crippen LogP contribution in [0.25, 0.3) is 0 Å². The van der Waals surface area contributed by atoms with Crippen LogP contribution in [-0.2, 0) is 25.6 Å². The first-order chi connectivity index (χ1) is 21.7. The number of hydrogen-bond donors (Lipinski definition) is 5. The molecule has 1 aromatic carbocycles. The molecule has 46 heavy (non-hydrogen) atoms. The van der Waals surface area contributed by atoms with Gasteiger partial charge in [-0.1, -0.05) is 91.3 Å². The van der Waals surface area contributed by atoms with Crippen molar-refractivity contribution in [1.29, 1.82) is 0 Å². The highest BCUT2D eigenvalue weighted by Crippen LogP contribution is 2.35.